The summed E-state index contributed by atoms with van der Waals surface area (Å²) in [4.78, 5) is 18.6. The second-order valence-electron chi connectivity index (χ2n) is 3.64. The van der Waals surface area contributed by atoms with E-state index in [-0.39, 0.29) is 11.7 Å². The Labute approximate surface area is 116 Å². The van der Waals surface area contributed by atoms with Gasteiger partial charge in [-0.3, -0.25) is 4.84 Å². The molecule has 1 atom stereocenters. The minimum absolute atomic E-state index is 0.0766. The molecule has 0 fully saturated rings. The van der Waals surface area contributed by atoms with Crippen LogP contribution in [0.2, 0.25) is 0 Å². The van der Waals surface area contributed by atoms with Crippen molar-refractivity contribution in [1.29, 1.82) is 0 Å². The van der Waals surface area contributed by atoms with Crippen molar-refractivity contribution in [2.45, 2.75) is 20.0 Å². The minimum Gasteiger partial charge on any atom is -0.490 e. The van der Waals surface area contributed by atoms with Crippen molar-refractivity contribution in [2.24, 2.45) is 0 Å². The molecular formula is C11H15NO5PS+. The van der Waals surface area contributed by atoms with E-state index < -0.39 is 13.2 Å². The first-order chi connectivity index (χ1) is 9.04. The monoisotopic (exact) mass is 304 g/mol. The average molecular weight is 304 g/mol. The van der Waals surface area contributed by atoms with Crippen LogP contribution in [-0.4, -0.2) is 19.2 Å². The van der Waals surface area contributed by atoms with Gasteiger partial charge >= 0.3 is 13.2 Å². The van der Waals surface area contributed by atoms with Crippen LogP contribution < -0.4 is 9.62 Å². The van der Waals surface area contributed by atoms with Crippen molar-refractivity contribution in [1.82, 2.24) is 4.89 Å². The van der Waals surface area contributed by atoms with Crippen molar-refractivity contribution < 1.29 is 23.5 Å². The second-order valence-corrected chi connectivity index (χ2v) is 6.07. The minimum atomic E-state index is -2.26. The first-order valence-electron chi connectivity index (χ1n) is 5.44. The van der Waals surface area contributed by atoms with E-state index in [0.717, 1.165) is 0 Å². The fourth-order valence-corrected chi connectivity index (χ4v) is 2.32. The fraction of sp³-hybridized carbons (Fsp3) is 0.364. The summed E-state index contributed by atoms with van der Waals surface area (Å²) in [5.74, 6) is -0.307. The topological polar surface area (TPSA) is 73.9 Å². The zero-order valence-corrected chi connectivity index (χ0v) is 12.5. The number of carbonyl (C=O) groups is 1. The highest BCUT2D eigenvalue weighted by Crippen LogP contribution is 2.37. The Hall–Kier alpha value is -1.14. The standard InChI is InChI=1S/C11H15NO5PS/c1-8(2)16-10-7-5-4-6-9(10)11(13)17-18(14)19-12-15-3/h4-8,12H,1-3H3/q+1. The third kappa shape index (κ3) is 5.57. The van der Waals surface area contributed by atoms with E-state index in [1.807, 2.05) is 13.8 Å². The first kappa shape index (κ1) is 15.9. The maximum Gasteiger partial charge on any atom is 0.657 e. The van der Waals surface area contributed by atoms with Crippen LogP contribution in [0.15, 0.2) is 24.3 Å². The zero-order valence-electron chi connectivity index (χ0n) is 10.8. The molecule has 1 unspecified atom stereocenters. The first-order valence-corrected chi connectivity index (χ1v) is 8.04. The molecule has 1 N–H and O–H groups in total. The molecule has 104 valence electrons. The Bertz CT molecular complexity index is 454. The van der Waals surface area contributed by atoms with Gasteiger partial charge in [-0.2, -0.15) is 4.52 Å². The van der Waals surface area contributed by atoms with Gasteiger partial charge in [0.05, 0.1) is 13.2 Å². The lowest BCUT2D eigenvalue weighted by Crippen LogP contribution is -2.10. The van der Waals surface area contributed by atoms with Crippen molar-refractivity contribution in [3.8, 4) is 5.75 Å². The smallest absolute Gasteiger partial charge is 0.490 e. The Kier molecular flexibility index (Phi) is 6.80. The van der Waals surface area contributed by atoms with E-state index in [9.17, 15) is 9.36 Å². The molecule has 19 heavy (non-hydrogen) atoms. The summed E-state index contributed by atoms with van der Waals surface area (Å²) in [6.45, 7) is 3.70. The lowest BCUT2D eigenvalue weighted by atomic mass is 10.2. The summed E-state index contributed by atoms with van der Waals surface area (Å²) >= 11 is 0.672. The molecule has 0 heterocycles. The molecule has 0 aliphatic carbocycles. The van der Waals surface area contributed by atoms with Crippen molar-refractivity contribution in [3.05, 3.63) is 29.8 Å². The van der Waals surface area contributed by atoms with E-state index in [1.165, 1.54) is 7.11 Å². The van der Waals surface area contributed by atoms with E-state index in [1.54, 1.807) is 24.3 Å². The van der Waals surface area contributed by atoms with E-state index in [2.05, 4.69) is 9.72 Å². The molecule has 0 amide bonds. The molecule has 1 aromatic rings. The lowest BCUT2D eigenvalue weighted by molar-refractivity contribution is 0.0747. The van der Waals surface area contributed by atoms with Crippen LogP contribution in [0.25, 0.3) is 0 Å². The number of benzene rings is 1. The summed E-state index contributed by atoms with van der Waals surface area (Å²) in [6, 6.07) is 6.63. The highest BCUT2D eigenvalue weighted by atomic mass is 32.7. The van der Waals surface area contributed by atoms with Crippen molar-refractivity contribution >= 4 is 24.8 Å². The number of hydrogen-bond acceptors (Lipinski definition) is 7. The Morgan fingerprint density at radius 2 is 2.05 bits per heavy atom. The van der Waals surface area contributed by atoms with Crippen LogP contribution in [0.3, 0.4) is 0 Å². The van der Waals surface area contributed by atoms with E-state index >= 15 is 0 Å². The second kappa shape index (κ2) is 8.12. The van der Waals surface area contributed by atoms with Gasteiger partial charge < -0.3 is 4.74 Å². The molecule has 1 rings (SSSR count). The third-order valence-electron chi connectivity index (χ3n) is 1.82. The predicted molar refractivity (Wildman–Crippen MR) is 73.0 cm³/mol. The Morgan fingerprint density at radius 1 is 1.37 bits per heavy atom. The van der Waals surface area contributed by atoms with Gasteiger partial charge in [0.2, 0.25) is 0 Å². The quantitative estimate of drug-likeness (QED) is 0.471. The molecule has 0 saturated heterocycles. The molecule has 0 aliphatic heterocycles. The van der Waals surface area contributed by atoms with Gasteiger partial charge in [-0.15, -0.1) is 0 Å². The molecule has 8 heteroatoms. The summed E-state index contributed by atoms with van der Waals surface area (Å²) in [5.41, 5.74) is 0.234. The summed E-state index contributed by atoms with van der Waals surface area (Å²) in [7, 11) is -0.892. The highest BCUT2D eigenvalue weighted by Gasteiger charge is 2.29. The van der Waals surface area contributed by atoms with Crippen LogP contribution in [0, 0.1) is 0 Å². The fourth-order valence-electron chi connectivity index (χ4n) is 1.20. The van der Waals surface area contributed by atoms with Gasteiger partial charge in [-0.05, 0) is 30.5 Å². The molecule has 1 aromatic carbocycles. The number of para-hydroxylation sites is 1. The number of ether oxygens (including phenoxy) is 1. The summed E-state index contributed by atoms with van der Waals surface area (Å²) < 4.78 is 21.7. The number of rotatable bonds is 7. The SMILES string of the molecule is CONS[P+](=O)OC(=O)c1ccccc1OC(C)C. The molecule has 0 aliphatic rings. The lowest BCUT2D eigenvalue weighted by Gasteiger charge is -2.11. The van der Waals surface area contributed by atoms with E-state index in [4.69, 9.17) is 9.26 Å². The molecule has 0 saturated carbocycles. The molecule has 6 nitrogen and oxygen atoms in total. The van der Waals surface area contributed by atoms with Gasteiger partial charge in [0.1, 0.15) is 11.3 Å². The molecule has 0 spiro atoms. The largest absolute Gasteiger partial charge is 0.657 e. The van der Waals surface area contributed by atoms with Crippen molar-refractivity contribution in [2.75, 3.05) is 7.11 Å². The predicted octanol–water partition coefficient (Wildman–Crippen LogP) is 3.09. The van der Waals surface area contributed by atoms with Crippen LogP contribution in [-0.2, 0) is 13.9 Å². The maximum atomic E-state index is 11.9. The van der Waals surface area contributed by atoms with Gasteiger partial charge in [-0.1, -0.05) is 17.0 Å². The van der Waals surface area contributed by atoms with Crippen LogP contribution >= 0.6 is 18.8 Å². The van der Waals surface area contributed by atoms with E-state index in [0.29, 0.717) is 17.3 Å². The van der Waals surface area contributed by atoms with Gasteiger partial charge in [0, 0.05) is 0 Å². The number of hydrogen-bond donors (Lipinski definition) is 1. The zero-order chi connectivity index (χ0) is 14.3. The molecule has 0 radical (unpaired) electrons. The summed E-state index contributed by atoms with van der Waals surface area (Å²) in [5, 5.41) is 0. The van der Waals surface area contributed by atoms with Gasteiger partial charge in [-0.25, -0.2) is 4.79 Å². The number of carbonyl (C=O) groups excluding carboxylic acids is 1. The Morgan fingerprint density at radius 3 is 2.68 bits per heavy atom. The normalized spacial score (nSPS) is 11.3. The number of nitrogens with one attached hydrogen (secondary N) is 1. The van der Waals surface area contributed by atoms with Crippen LogP contribution in [0.1, 0.15) is 24.2 Å². The average Bonchev–Trinajstić information content (AvgIpc) is 2.36. The highest BCUT2D eigenvalue weighted by molar-refractivity contribution is 8.49. The summed E-state index contributed by atoms with van der Waals surface area (Å²) in [6.07, 6.45) is -0.0766. The molecule has 0 bridgehead atoms. The van der Waals surface area contributed by atoms with Crippen LogP contribution in [0.4, 0.5) is 0 Å². The van der Waals surface area contributed by atoms with Crippen molar-refractivity contribution in [3.63, 3.8) is 0 Å². The maximum absolute atomic E-state index is 11.9. The van der Waals surface area contributed by atoms with Crippen LogP contribution in [0.5, 0.6) is 5.75 Å². The van der Waals surface area contributed by atoms with Gasteiger partial charge in [0.25, 0.3) is 11.6 Å². The third-order valence-corrected chi connectivity index (χ3v) is 3.42. The Balaban J connectivity index is 2.73. The molecular weight excluding hydrogens is 289 g/mol. The molecule has 0 aromatic heterocycles. The van der Waals surface area contributed by atoms with Gasteiger partial charge in [0.15, 0.2) is 0 Å².